The molecule has 0 saturated heterocycles. The van der Waals surface area contributed by atoms with Gasteiger partial charge >= 0.3 is 0 Å². The summed E-state index contributed by atoms with van der Waals surface area (Å²) in [6.45, 7) is 2.91. The van der Waals surface area contributed by atoms with Crippen molar-refractivity contribution in [1.82, 2.24) is 9.97 Å². The summed E-state index contributed by atoms with van der Waals surface area (Å²) in [5, 5.41) is 0. The lowest BCUT2D eigenvalue weighted by Gasteiger charge is -1.99. The standard InChI is InChI=1S/C10H15N3/c1-7-4-9(7)10-12-5-8(2-3-11)6-13-10/h5-7,9H,2-4,11H2,1H3. The predicted molar refractivity (Wildman–Crippen MR) is 51.3 cm³/mol. The summed E-state index contributed by atoms with van der Waals surface area (Å²) in [7, 11) is 0. The molecule has 0 spiro atoms. The van der Waals surface area contributed by atoms with Crippen molar-refractivity contribution in [1.29, 1.82) is 0 Å². The predicted octanol–water partition coefficient (Wildman–Crippen LogP) is 1.10. The lowest BCUT2D eigenvalue weighted by molar-refractivity contribution is 0.827. The molecule has 3 nitrogen and oxygen atoms in total. The molecule has 70 valence electrons. The first kappa shape index (κ1) is 8.63. The van der Waals surface area contributed by atoms with Crippen molar-refractivity contribution in [3.63, 3.8) is 0 Å². The molecular formula is C10H15N3. The molecule has 2 N–H and O–H groups in total. The molecule has 0 amide bonds. The van der Waals surface area contributed by atoms with Crippen molar-refractivity contribution >= 4 is 0 Å². The maximum absolute atomic E-state index is 5.44. The maximum atomic E-state index is 5.44. The van der Waals surface area contributed by atoms with Gasteiger partial charge in [0.15, 0.2) is 0 Å². The summed E-state index contributed by atoms with van der Waals surface area (Å²) in [4.78, 5) is 8.69. The Balaban J connectivity index is 2.06. The van der Waals surface area contributed by atoms with Gasteiger partial charge < -0.3 is 5.73 Å². The van der Waals surface area contributed by atoms with Crippen LogP contribution < -0.4 is 5.73 Å². The number of hydrogen-bond acceptors (Lipinski definition) is 3. The van der Waals surface area contributed by atoms with Crippen LogP contribution in [0.5, 0.6) is 0 Å². The molecule has 0 bridgehead atoms. The summed E-state index contributed by atoms with van der Waals surface area (Å²) < 4.78 is 0. The molecule has 13 heavy (non-hydrogen) atoms. The van der Waals surface area contributed by atoms with Crippen molar-refractivity contribution in [2.24, 2.45) is 11.7 Å². The first-order valence-corrected chi connectivity index (χ1v) is 4.82. The summed E-state index contributed by atoms with van der Waals surface area (Å²) in [6.07, 6.45) is 5.93. The van der Waals surface area contributed by atoms with E-state index in [9.17, 15) is 0 Å². The van der Waals surface area contributed by atoms with Gasteiger partial charge in [0.1, 0.15) is 5.82 Å². The van der Waals surface area contributed by atoms with Crippen LogP contribution >= 0.6 is 0 Å². The lowest BCUT2D eigenvalue weighted by atomic mass is 10.2. The molecule has 1 heterocycles. The Morgan fingerprint density at radius 3 is 2.54 bits per heavy atom. The molecule has 1 saturated carbocycles. The molecule has 0 radical (unpaired) electrons. The van der Waals surface area contributed by atoms with E-state index in [0.29, 0.717) is 12.5 Å². The second-order valence-corrected chi connectivity index (χ2v) is 3.81. The van der Waals surface area contributed by atoms with Crippen molar-refractivity contribution in [2.75, 3.05) is 6.54 Å². The Kier molecular flexibility index (Phi) is 2.27. The molecule has 3 heteroatoms. The van der Waals surface area contributed by atoms with Crippen LogP contribution in [0.25, 0.3) is 0 Å². The number of nitrogens with two attached hydrogens (primary N) is 1. The average Bonchev–Trinajstić information content (AvgIpc) is 2.85. The SMILES string of the molecule is CC1CC1c1ncc(CCN)cn1. The smallest absolute Gasteiger partial charge is 0.131 e. The van der Waals surface area contributed by atoms with Crippen molar-refractivity contribution in [2.45, 2.75) is 25.7 Å². The molecule has 1 aliphatic rings. The summed E-state index contributed by atoms with van der Waals surface area (Å²) in [5.74, 6) is 2.40. The van der Waals surface area contributed by atoms with Crippen molar-refractivity contribution in [3.8, 4) is 0 Å². The minimum absolute atomic E-state index is 0.618. The van der Waals surface area contributed by atoms with Gasteiger partial charge in [0.2, 0.25) is 0 Å². The molecule has 1 aromatic rings. The zero-order valence-electron chi connectivity index (χ0n) is 7.90. The molecule has 2 rings (SSSR count). The van der Waals surface area contributed by atoms with E-state index in [4.69, 9.17) is 5.73 Å². The molecule has 0 aliphatic heterocycles. The highest BCUT2D eigenvalue weighted by atomic mass is 14.9. The Morgan fingerprint density at radius 1 is 1.46 bits per heavy atom. The monoisotopic (exact) mass is 177 g/mol. The van der Waals surface area contributed by atoms with Gasteiger partial charge in [0.05, 0.1) is 0 Å². The fourth-order valence-electron chi connectivity index (χ4n) is 1.53. The first-order valence-electron chi connectivity index (χ1n) is 4.82. The van der Waals surface area contributed by atoms with Gasteiger partial charge in [-0.25, -0.2) is 9.97 Å². The zero-order valence-corrected chi connectivity index (χ0v) is 7.90. The summed E-state index contributed by atoms with van der Waals surface area (Å²) >= 11 is 0. The van der Waals surface area contributed by atoms with Crippen molar-refractivity contribution in [3.05, 3.63) is 23.8 Å². The molecule has 0 aromatic carbocycles. The summed E-state index contributed by atoms with van der Waals surface area (Å²) in [5.41, 5.74) is 6.58. The van der Waals surface area contributed by atoms with Gasteiger partial charge in [-0.05, 0) is 30.9 Å². The fraction of sp³-hybridized carbons (Fsp3) is 0.600. The third-order valence-corrected chi connectivity index (χ3v) is 2.60. The van der Waals surface area contributed by atoms with Gasteiger partial charge in [0, 0.05) is 18.3 Å². The van der Waals surface area contributed by atoms with E-state index in [-0.39, 0.29) is 0 Å². The molecule has 2 atom stereocenters. The van der Waals surface area contributed by atoms with E-state index in [0.717, 1.165) is 23.7 Å². The summed E-state index contributed by atoms with van der Waals surface area (Å²) in [6, 6.07) is 0. The second kappa shape index (κ2) is 3.42. The lowest BCUT2D eigenvalue weighted by Crippen LogP contribution is -2.04. The van der Waals surface area contributed by atoms with E-state index in [1.807, 2.05) is 12.4 Å². The molecule has 2 unspecified atom stereocenters. The highest BCUT2D eigenvalue weighted by molar-refractivity contribution is 5.12. The van der Waals surface area contributed by atoms with Gasteiger partial charge in [0.25, 0.3) is 0 Å². The average molecular weight is 177 g/mol. The van der Waals surface area contributed by atoms with Crippen molar-refractivity contribution < 1.29 is 0 Å². The van der Waals surface area contributed by atoms with Gasteiger partial charge in [-0.1, -0.05) is 6.92 Å². The van der Waals surface area contributed by atoms with E-state index in [1.54, 1.807) is 0 Å². The van der Waals surface area contributed by atoms with E-state index >= 15 is 0 Å². The Labute approximate surface area is 78.4 Å². The largest absolute Gasteiger partial charge is 0.330 e. The maximum Gasteiger partial charge on any atom is 0.131 e. The quantitative estimate of drug-likeness (QED) is 0.752. The van der Waals surface area contributed by atoms with Crippen LogP contribution in [-0.2, 0) is 6.42 Å². The topological polar surface area (TPSA) is 51.8 Å². The van der Waals surface area contributed by atoms with Gasteiger partial charge in [-0.2, -0.15) is 0 Å². The highest BCUT2D eigenvalue weighted by Crippen LogP contribution is 2.44. The molecular weight excluding hydrogens is 162 g/mol. The van der Waals surface area contributed by atoms with Crippen LogP contribution in [0.2, 0.25) is 0 Å². The zero-order chi connectivity index (χ0) is 9.26. The number of rotatable bonds is 3. The van der Waals surface area contributed by atoms with E-state index in [2.05, 4.69) is 16.9 Å². The normalized spacial score (nSPS) is 26.0. The van der Waals surface area contributed by atoms with Crippen LogP contribution in [0.4, 0.5) is 0 Å². The minimum atomic E-state index is 0.618. The molecule has 1 aliphatic carbocycles. The molecule has 1 aromatic heterocycles. The number of aromatic nitrogens is 2. The van der Waals surface area contributed by atoms with Crippen LogP contribution in [0.3, 0.4) is 0 Å². The molecule has 1 fully saturated rings. The Hall–Kier alpha value is -0.960. The van der Waals surface area contributed by atoms with Gasteiger partial charge in [-0.3, -0.25) is 0 Å². The Bertz CT molecular complexity index is 281. The van der Waals surface area contributed by atoms with Crippen LogP contribution in [-0.4, -0.2) is 16.5 Å². The first-order chi connectivity index (χ1) is 6.31. The highest BCUT2D eigenvalue weighted by Gasteiger charge is 2.36. The number of nitrogens with zero attached hydrogens (tertiary/aromatic N) is 2. The minimum Gasteiger partial charge on any atom is -0.330 e. The van der Waals surface area contributed by atoms with E-state index in [1.165, 1.54) is 6.42 Å². The second-order valence-electron chi connectivity index (χ2n) is 3.81. The third-order valence-electron chi connectivity index (χ3n) is 2.60. The fourth-order valence-corrected chi connectivity index (χ4v) is 1.53. The van der Waals surface area contributed by atoms with Gasteiger partial charge in [-0.15, -0.1) is 0 Å². The van der Waals surface area contributed by atoms with Crippen LogP contribution in [0.1, 0.15) is 30.7 Å². The Morgan fingerprint density at radius 2 is 2.08 bits per heavy atom. The van der Waals surface area contributed by atoms with Crippen LogP contribution in [0, 0.1) is 5.92 Å². The third kappa shape index (κ3) is 1.86. The van der Waals surface area contributed by atoms with E-state index < -0.39 is 0 Å². The van der Waals surface area contributed by atoms with Crippen LogP contribution in [0.15, 0.2) is 12.4 Å². The number of hydrogen-bond donors (Lipinski definition) is 1.